The molecule has 0 aliphatic heterocycles. The largest absolute Gasteiger partial charge is 0.468 e. The van der Waals surface area contributed by atoms with Crippen LogP contribution in [0.25, 0.3) is 0 Å². The van der Waals surface area contributed by atoms with Crippen LogP contribution in [0.4, 0.5) is 5.69 Å². The summed E-state index contributed by atoms with van der Waals surface area (Å²) < 4.78 is 5.99. The van der Waals surface area contributed by atoms with E-state index in [-0.39, 0.29) is 18.4 Å². The summed E-state index contributed by atoms with van der Waals surface area (Å²) in [7, 11) is 1.33. The van der Waals surface area contributed by atoms with Crippen molar-refractivity contribution in [1.29, 1.82) is 0 Å². The number of hydrogen-bond acceptors (Lipinski definition) is 4. The van der Waals surface area contributed by atoms with Crippen molar-refractivity contribution in [2.45, 2.75) is 58.4 Å². The van der Waals surface area contributed by atoms with Gasteiger partial charge in [0.15, 0.2) is 0 Å². The van der Waals surface area contributed by atoms with Crippen LogP contribution in [-0.4, -0.2) is 28.8 Å². The van der Waals surface area contributed by atoms with Gasteiger partial charge in [0.1, 0.15) is 6.54 Å². The fourth-order valence-electron chi connectivity index (χ4n) is 2.00. The predicted molar refractivity (Wildman–Crippen MR) is 80.9 cm³/mol. The standard InChI is InChI=1S/C15H25N3O3/c1-3-4-5-6-7-8-9-14(19)17-13-10-16-18(11-13)12-15(20)21-2/h10-11H,3-9,12H2,1-2H3,(H,17,19). The molecule has 1 heterocycles. The molecule has 1 rings (SSSR count). The normalized spacial score (nSPS) is 10.4. The van der Waals surface area contributed by atoms with Gasteiger partial charge in [-0.3, -0.25) is 14.3 Å². The highest BCUT2D eigenvalue weighted by Crippen LogP contribution is 2.09. The molecule has 0 atom stereocenters. The summed E-state index contributed by atoms with van der Waals surface area (Å²) in [5.41, 5.74) is 0.606. The molecule has 1 aromatic heterocycles. The van der Waals surface area contributed by atoms with Crippen molar-refractivity contribution in [1.82, 2.24) is 9.78 Å². The second kappa shape index (κ2) is 9.96. The number of carbonyl (C=O) groups is 2. The molecule has 0 aliphatic rings. The SMILES string of the molecule is CCCCCCCCC(=O)Nc1cnn(CC(=O)OC)c1. The molecule has 0 saturated heterocycles. The Balaban J connectivity index is 2.20. The van der Waals surface area contributed by atoms with E-state index in [0.29, 0.717) is 12.1 Å². The van der Waals surface area contributed by atoms with E-state index in [9.17, 15) is 9.59 Å². The number of amides is 1. The number of esters is 1. The fourth-order valence-corrected chi connectivity index (χ4v) is 2.00. The Kier molecular flexibility index (Phi) is 8.16. The Labute approximate surface area is 125 Å². The first-order valence-corrected chi connectivity index (χ1v) is 7.54. The summed E-state index contributed by atoms with van der Waals surface area (Å²) in [6.45, 7) is 2.23. The topological polar surface area (TPSA) is 73.2 Å². The van der Waals surface area contributed by atoms with E-state index in [0.717, 1.165) is 12.8 Å². The molecular weight excluding hydrogens is 270 g/mol. The summed E-state index contributed by atoms with van der Waals surface area (Å²) in [5, 5.41) is 6.77. The molecule has 0 bridgehead atoms. The molecule has 0 saturated carbocycles. The van der Waals surface area contributed by atoms with Crippen molar-refractivity contribution in [2.75, 3.05) is 12.4 Å². The molecule has 118 valence electrons. The highest BCUT2D eigenvalue weighted by Gasteiger charge is 2.07. The number of methoxy groups -OCH3 is 1. The number of nitrogens with zero attached hydrogens (tertiary/aromatic N) is 2. The minimum absolute atomic E-state index is 0.0110. The number of nitrogens with one attached hydrogen (secondary N) is 1. The van der Waals surface area contributed by atoms with Gasteiger partial charge in [-0.15, -0.1) is 0 Å². The zero-order valence-corrected chi connectivity index (χ0v) is 12.9. The quantitative estimate of drug-likeness (QED) is 0.532. The minimum Gasteiger partial charge on any atom is -0.468 e. The molecule has 0 aromatic carbocycles. The molecule has 1 N–H and O–H groups in total. The first kappa shape index (κ1) is 17.2. The van der Waals surface area contributed by atoms with Crippen LogP contribution < -0.4 is 5.32 Å². The maximum absolute atomic E-state index is 11.7. The Morgan fingerprint density at radius 2 is 1.95 bits per heavy atom. The van der Waals surface area contributed by atoms with Gasteiger partial charge in [-0.2, -0.15) is 5.10 Å². The zero-order chi connectivity index (χ0) is 15.5. The van der Waals surface area contributed by atoms with Gasteiger partial charge in [-0.05, 0) is 6.42 Å². The lowest BCUT2D eigenvalue weighted by Gasteiger charge is -2.03. The van der Waals surface area contributed by atoms with Crippen LogP contribution in [-0.2, 0) is 20.9 Å². The van der Waals surface area contributed by atoms with Crippen molar-refractivity contribution in [3.05, 3.63) is 12.4 Å². The second-order valence-electron chi connectivity index (χ2n) is 5.07. The molecule has 6 nitrogen and oxygen atoms in total. The number of aromatic nitrogens is 2. The molecule has 0 unspecified atom stereocenters. The first-order chi connectivity index (χ1) is 10.2. The lowest BCUT2D eigenvalue weighted by molar-refractivity contribution is -0.141. The van der Waals surface area contributed by atoms with E-state index < -0.39 is 0 Å². The second-order valence-corrected chi connectivity index (χ2v) is 5.07. The monoisotopic (exact) mass is 295 g/mol. The van der Waals surface area contributed by atoms with Gasteiger partial charge in [0, 0.05) is 12.6 Å². The van der Waals surface area contributed by atoms with E-state index in [4.69, 9.17) is 0 Å². The molecule has 6 heteroatoms. The Hall–Kier alpha value is -1.85. The average Bonchev–Trinajstić information content (AvgIpc) is 2.89. The van der Waals surface area contributed by atoms with Crippen molar-refractivity contribution >= 4 is 17.6 Å². The van der Waals surface area contributed by atoms with Crippen LogP contribution >= 0.6 is 0 Å². The van der Waals surface area contributed by atoms with Gasteiger partial charge < -0.3 is 10.1 Å². The van der Waals surface area contributed by atoms with Crippen LogP contribution in [0.1, 0.15) is 51.9 Å². The predicted octanol–water partition coefficient (Wildman–Crippen LogP) is 2.75. The number of hydrogen-bond donors (Lipinski definition) is 1. The van der Waals surface area contributed by atoms with Crippen molar-refractivity contribution in [3.8, 4) is 0 Å². The molecule has 0 spiro atoms. The van der Waals surface area contributed by atoms with Crippen LogP contribution in [0.5, 0.6) is 0 Å². The van der Waals surface area contributed by atoms with Gasteiger partial charge in [-0.25, -0.2) is 0 Å². The smallest absolute Gasteiger partial charge is 0.327 e. The van der Waals surface area contributed by atoms with E-state index in [1.54, 1.807) is 6.20 Å². The summed E-state index contributed by atoms with van der Waals surface area (Å²) in [6, 6.07) is 0. The van der Waals surface area contributed by atoms with Gasteiger partial charge in [0.25, 0.3) is 0 Å². The average molecular weight is 295 g/mol. The van der Waals surface area contributed by atoms with Gasteiger partial charge in [0.2, 0.25) is 5.91 Å². The summed E-state index contributed by atoms with van der Waals surface area (Å²) >= 11 is 0. The molecule has 0 aliphatic carbocycles. The highest BCUT2D eigenvalue weighted by molar-refractivity contribution is 5.90. The molecule has 21 heavy (non-hydrogen) atoms. The van der Waals surface area contributed by atoms with Gasteiger partial charge in [-0.1, -0.05) is 39.0 Å². The number of rotatable bonds is 10. The lowest BCUT2D eigenvalue weighted by atomic mass is 10.1. The Morgan fingerprint density at radius 1 is 1.24 bits per heavy atom. The Morgan fingerprint density at radius 3 is 2.67 bits per heavy atom. The van der Waals surface area contributed by atoms with Crippen molar-refractivity contribution in [2.24, 2.45) is 0 Å². The number of carbonyl (C=O) groups excluding carboxylic acids is 2. The number of ether oxygens (including phenoxy) is 1. The third-order valence-electron chi connectivity index (χ3n) is 3.19. The maximum atomic E-state index is 11.7. The van der Waals surface area contributed by atoms with Crippen molar-refractivity contribution < 1.29 is 14.3 Å². The van der Waals surface area contributed by atoms with Crippen molar-refractivity contribution in [3.63, 3.8) is 0 Å². The number of unbranched alkanes of at least 4 members (excludes halogenated alkanes) is 5. The fraction of sp³-hybridized carbons (Fsp3) is 0.667. The molecule has 0 fully saturated rings. The third-order valence-corrected chi connectivity index (χ3v) is 3.19. The maximum Gasteiger partial charge on any atom is 0.327 e. The van der Waals surface area contributed by atoms with E-state index in [2.05, 4.69) is 22.1 Å². The molecule has 1 aromatic rings. The van der Waals surface area contributed by atoms with E-state index >= 15 is 0 Å². The number of anilines is 1. The van der Waals surface area contributed by atoms with E-state index in [1.807, 2.05) is 0 Å². The third kappa shape index (κ3) is 7.48. The van der Waals surface area contributed by atoms with Crippen LogP contribution in [0.2, 0.25) is 0 Å². The van der Waals surface area contributed by atoms with Gasteiger partial charge in [0.05, 0.1) is 19.0 Å². The van der Waals surface area contributed by atoms with E-state index in [1.165, 1.54) is 43.7 Å². The summed E-state index contributed by atoms with van der Waals surface area (Å²) in [6.07, 6.45) is 10.6. The highest BCUT2D eigenvalue weighted by atomic mass is 16.5. The zero-order valence-electron chi connectivity index (χ0n) is 12.9. The summed E-state index contributed by atoms with van der Waals surface area (Å²) in [4.78, 5) is 22.8. The lowest BCUT2D eigenvalue weighted by Crippen LogP contribution is -2.12. The first-order valence-electron chi connectivity index (χ1n) is 7.54. The molecule has 0 radical (unpaired) electrons. The molecule has 1 amide bonds. The van der Waals surface area contributed by atoms with Gasteiger partial charge >= 0.3 is 5.97 Å². The van der Waals surface area contributed by atoms with Crippen LogP contribution in [0, 0.1) is 0 Å². The Bertz CT molecular complexity index is 443. The van der Waals surface area contributed by atoms with Crippen LogP contribution in [0.15, 0.2) is 12.4 Å². The molecular formula is C15H25N3O3. The van der Waals surface area contributed by atoms with Crippen LogP contribution in [0.3, 0.4) is 0 Å². The summed E-state index contributed by atoms with van der Waals surface area (Å²) in [5.74, 6) is -0.383. The minimum atomic E-state index is -0.372.